The third kappa shape index (κ3) is 1.56. The molecule has 0 aromatic heterocycles. The quantitative estimate of drug-likeness (QED) is 0.734. The highest BCUT2D eigenvalue weighted by Gasteiger charge is 2.52. The Labute approximate surface area is 139 Å². The van der Waals surface area contributed by atoms with Gasteiger partial charge in [0.05, 0.1) is 0 Å². The number of nitrogens with zero attached hydrogens (tertiary/aromatic N) is 1. The zero-order valence-corrected chi connectivity index (χ0v) is 12.9. The first kappa shape index (κ1) is 13.3. The molecule has 5 rings (SSSR count). The zero-order chi connectivity index (χ0) is 16.1. The van der Waals surface area contributed by atoms with Gasteiger partial charge in [-0.3, -0.25) is 4.79 Å². The summed E-state index contributed by atoms with van der Waals surface area (Å²) in [5, 5.41) is 3.00. The minimum Gasteiger partial charge on any atom is -0.308 e. The van der Waals surface area contributed by atoms with E-state index in [1.807, 2.05) is 66.7 Å². The summed E-state index contributed by atoms with van der Waals surface area (Å²) in [5.74, 6) is 0.547. The summed E-state index contributed by atoms with van der Waals surface area (Å²) in [7, 11) is 0. The predicted molar refractivity (Wildman–Crippen MR) is 93.8 cm³/mol. The summed E-state index contributed by atoms with van der Waals surface area (Å²) in [4.78, 5) is 18.0. The van der Waals surface area contributed by atoms with Crippen LogP contribution in [0.2, 0.25) is 0 Å². The second-order valence-electron chi connectivity index (χ2n) is 6.08. The lowest BCUT2D eigenvalue weighted by molar-refractivity contribution is -0.122. The van der Waals surface area contributed by atoms with Gasteiger partial charge in [-0.05, 0) is 11.1 Å². The van der Waals surface area contributed by atoms with Crippen molar-refractivity contribution in [2.75, 3.05) is 0 Å². The largest absolute Gasteiger partial charge is 0.308 e. The van der Waals surface area contributed by atoms with Gasteiger partial charge in [-0.2, -0.15) is 0 Å². The molecule has 1 heterocycles. The predicted octanol–water partition coefficient (Wildman–Crippen LogP) is 3.49. The van der Waals surface area contributed by atoms with Crippen molar-refractivity contribution in [1.82, 2.24) is 5.32 Å². The van der Waals surface area contributed by atoms with Crippen LogP contribution in [0.15, 0.2) is 83.9 Å². The van der Waals surface area contributed by atoms with Gasteiger partial charge in [0, 0.05) is 16.7 Å². The van der Waals surface area contributed by atoms with Gasteiger partial charge in [0.1, 0.15) is 5.84 Å². The number of hydrogen-bond donors (Lipinski definition) is 1. The number of fused-ring (bicyclic) bond motifs is 5. The van der Waals surface area contributed by atoms with Crippen molar-refractivity contribution in [2.45, 2.75) is 5.54 Å². The molecule has 0 saturated heterocycles. The van der Waals surface area contributed by atoms with Crippen LogP contribution in [-0.2, 0) is 10.3 Å². The Morgan fingerprint density at radius 1 is 0.708 bits per heavy atom. The highest BCUT2D eigenvalue weighted by molar-refractivity contribution is 6.18. The molecular weight excluding hydrogens is 296 g/mol. The first-order valence-corrected chi connectivity index (χ1v) is 7.97. The van der Waals surface area contributed by atoms with Crippen LogP contribution in [0.1, 0.15) is 16.7 Å². The monoisotopic (exact) mass is 310 g/mol. The zero-order valence-electron chi connectivity index (χ0n) is 12.9. The molecule has 3 aromatic rings. The number of hydrogen-bond acceptors (Lipinski definition) is 2. The fraction of sp³-hybridized carbons (Fsp3) is 0.0476. The molecule has 0 atom stereocenters. The first-order valence-electron chi connectivity index (χ1n) is 7.97. The van der Waals surface area contributed by atoms with E-state index in [1.54, 1.807) is 0 Å². The molecule has 3 aromatic carbocycles. The van der Waals surface area contributed by atoms with E-state index >= 15 is 0 Å². The number of rotatable bonds is 1. The molecule has 0 fully saturated rings. The number of carbonyl (C=O) groups excluding carboxylic acids is 1. The summed E-state index contributed by atoms with van der Waals surface area (Å²) in [6.45, 7) is 0. The molecule has 0 bridgehead atoms. The van der Waals surface area contributed by atoms with E-state index < -0.39 is 5.54 Å². The van der Waals surface area contributed by atoms with Gasteiger partial charge >= 0.3 is 0 Å². The van der Waals surface area contributed by atoms with Gasteiger partial charge in [0.15, 0.2) is 5.54 Å². The molecule has 3 nitrogen and oxygen atoms in total. The SMILES string of the molecule is O=C1NC(c2ccccc2)=NC12c1ccccc1-c1ccccc12. The molecule has 3 heteroatoms. The lowest BCUT2D eigenvalue weighted by Gasteiger charge is -2.20. The molecule has 1 N–H and O–H groups in total. The van der Waals surface area contributed by atoms with Crippen molar-refractivity contribution in [3.63, 3.8) is 0 Å². The van der Waals surface area contributed by atoms with Crippen molar-refractivity contribution in [3.8, 4) is 11.1 Å². The van der Waals surface area contributed by atoms with E-state index in [0.717, 1.165) is 27.8 Å². The van der Waals surface area contributed by atoms with Crippen molar-refractivity contribution < 1.29 is 4.79 Å². The number of amidine groups is 1. The molecule has 1 amide bonds. The molecule has 1 aliphatic heterocycles. The molecule has 0 radical (unpaired) electrons. The molecule has 2 aliphatic rings. The van der Waals surface area contributed by atoms with Crippen LogP contribution in [0.4, 0.5) is 0 Å². The first-order chi connectivity index (χ1) is 11.8. The second-order valence-corrected chi connectivity index (χ2v) is 6.08. The Balaban J connectivity index is 1.81. The molecule has 0 unspecified atom stereocenters. The van der Waals surface area contributed by atoms with Crippen molar-refractivity contribution in [3.05, 3.63) is 95.6 Å². The van der Waals surface area contributed by atoms with Crippen molar-refractivity contribution in [1.29, 1.82) is 0 Å². The Hall–Kier alpha value is -3.20. The molecule has 0 saturated carbocycles. The second kappa shape index (κ2) is 4.65. The summed E-state index contributed by atoms with van der Waals surface area (Å²) in [6.07, 6.45) is 0. The van der Waals surface area contributed by atoms with E-state index in [9.17, 15) is 4.79 Å². The Morgan fingerprint density at radius 3 is 1.88 bits per heavy atom. The van der Waals surface area contributed by atoms with Crippen LogP contribution >= 0.6 is 0 Å². The fourth-order valence-electron chi connectivity index (χ4n) is 3.75. The van der Waals surface area contributed by atoms with Crippen LogP contribution in [0.3, 0.4) is 0 Å². The number of nitrogens with one attached hydrogen (secondary N) is 1. The third-order valence-electron chi connectivity index (χ3n) is 4.81. The minimum absolute atomic E-state index is 0.0845. The van der Waals surface area contributed by atoms with E-state index in [-0.39, 0.29) is 5.91 Å². The van der Waals surface area contributed by atoms with E-state index in [0.29, 0.717) is 5.84 Å². The van der Waals surface area contributed by atoms with Gasteiger partial charge in [-0.1, -0.05) is 78.9 Å². The maximum absolute atomic E-state index is 13.1. The highest BCUT2D eigenvalue weighted by Crippen LogP contribution is 2.51. The molecule has 24 heavy (non-hydrogen) atoms. The Kier molecular flexibility index (Phi) is 2.57. The van der Waals surface area contributed by atoms with E-state index in [2.05, 4.69) is 17.4 Å². The highest BCUT2D eigenvalue weighted by atomic mass is 16.2. The Bertz CT molecular complexity index is 960. The van der Waals surface area contributed by atoms with Gasteiger partial charge in [0.2, 0.25) is 0 Å². The molecule has 114 valence electrons. The normalized spacial score (nSPS) is 16.5. The van der Waals surface area contributed by atoms with Gasteiger partial charge in [0.25, 0.3) is 5.91 Å². The summed E-state index contributed by atoms with van der Waals surface area (Å²) >= 11 is 0. The van der Waals surface area contributed by atoms with Crippen LogP contribution in [-0.4, -0.2) is 11.7 Å². The summed E-state index contributed by atoms with van der Waals surface area (Å²) in [6, 6.07) is 25.9. The van der Waals surface area contributed by atoms with Crippen LogP contribution < -0.4 is 5.32 Å². The number of amides is 1. The number of aliphatic imine (C=N–C) groups is 1. The standard InChI is InChI=1S/C21H14N2O/c24-20-21(23-19(22-20)14-8-2-1-3-9-14)17-12-6-4-10-15(17)16-11-5-7-13-18(16)21/h1-13H,(H,22,23,24). The number of carbonyl (C=O) groups is 1. The van der Waals surface area contributed by atoms with Crippen LogP contribution in [0.25, 0.3) is 11.1 Å². The number of benzene rings is 3. The minimum atomic E-state index is -0.974. The summed E-state index contributed by atoms with van der Waals surface area (Å²) < 4.78 is 0. The van der Waals surface area contributed by atoms with Gasteiger partial charge in [-0.25, -0.2) is 4.99 Å². The van der Waals surface area contributed by atoms with E-state index in [4.69, 9.17) is 4.99 Å². The topological polar surface area (TPSA) is 41.5 Å². The van der Waals surface area contributed by atoms with Crippen molar-refractivity contribution >= 4 is 11.7 Å². The maximum atomic E-state index is 13.1. The molecule has 1 spiro atoms. The average molecular weight is 310 g/mol. The van der Waals surface area contributed by atoms with Crippen LogP contribution in [0.5, 0.6) is 0 Å². The lowest BCUT2D eigenvalue weighted by atomic mass is 9.88. The maximum Gasteiger partial charge on any atom is 0.262 e. The van der Waals surface area contributed by atoms with Gasteiger partial charge < -0.3 is 5.32 Å². The smallest absolute Gasteiger partial charge is 0.262 e. The fourth-order valence-corrected chi connectivity index (χ4v) is 3.75. The van der Waals surface area contributed by atoms with Gasteiger partial charge in [-0.15, -0.1) is 0 Å². The third-order valence-corrected chi connectivity index (χ3v) is 4.81. The van der Waals surface area contributed by atoms with Crippen molar-refractivity contribution in [2.24, 2.45) is 4.99 Å². The molecular formula is C21H14N2O. The average Bonchev–Trinajstić information content (AvgIpc) is 3.14. The Morgan fingerprint density at radius 2 is 1.25 bits per heavy atom. The molecule has 1 aliphatic carbocycles. The lowest BCUT2D eigenvalue weighted by Crippen LogP contribution is -2.37. The summed E-state index contributed by atoms with van der Waals surface area (Å²) in [5.41, 5.74) is 4.02. The van der Waals surface area contributed by atoms with E-state index in [1.165, 1.54) is 0 Å². The van der Waals surface area contributed by atoms with Crippen LogP contribution in [0, 0.1) is 0 Å².